The number of rotatable bonds is 7. The molecule has 0 radical (unpaired) electrons. The third-order valence-electron chi connectivity index (χ3n) is 3.74. The van der Waals surface area contributed by atoms with Gasteiger partial charge in [-0.2, -0.15) is 0 Å². The number of anilines is 1. The van der Waals surface area contributed by atoms with Crippen LogP contribution in [0.5, 0.6) is 11.5 Å². The van der Waals surface area contributed by atoms with E-state index in [9.17, 15) is 9.59 Å². The van der Waals surface area contributed by atoms with E-state index in [4.69, 9.17) is 9.47 Å². The lowest BCUT2D eigenvalue weighted by molar-refractivity contribution is -0.120. The van der Waals surface area contributed by atoms with Gasteiger partial charge in [0.1, 0.15) is 11.5 Å². The molecule has 0 bridgehead atoms. The van der Waals surface area contributed by atoms with Crippen LogP contribution in [0.1, 0.15) is 31.1 Å². The van der Waals surface area contributed by atoms with Crippen LogP contribution in [0.25, 0.3) is 0 Å². The van der Waals surface area contributed by atoms with E-state index in [-0.39, 0.29) is 24.3 Å². The van der Waals surface area contributed by atoms with Gasteiger partial charge in [-0.1, -0.05) is 18.2 Å². The van der Waals surface area contributed by atoms with Gasteiger partial charge in [-0.25, -0.2) is 0 Å². The second kappa shape index (κ2) is 8.33. The first-order valence-electron chi connectivity index (χ1n) is 8.13. The van der Waals surface area contributed by atoms with Crippen molar-refractivity contribution in [3.63, 3.8) is 0 Å². The fourth-order valence-corrected chi connectivity index (χ4v) is 2.57. The predicted octanol–water partition coefficient (Wildman–Crippen LogP) is 3.72. The van der Waals surface area contributed by atoms with E-state index < -0.39 is 0 Å². The van der Waals surface area contributed by atoms with Gasteiger partial charge in [0.15, 0.2) is 12.4 Å². The van der Waals surface area contributed by atoms with Gasteiger partial charge in [0.2, 0.25) is 0 Å². The predicted molar refractivity (Wildman–Crippen MR) is 97.6 cm³/mol. The Kier molecular flexibility index (Phi) is 6.17. The standard InChI is InChI=1S/C20H23NO4/c1-14(2)21(16-8-6-5-7-9-16)20(23)13-25-19-12-17(24-4)10-11-18(19)15(3)22/h5-12,14H,13H2,1-4H3. The summed E-state index contributed by atoms with van der Waals surface area (Å²) in [5, 5.41) is 0. The van der Waals surface area contributed by atoms with Crippen LogP contribution >= 0.6 is 0 Å². The molecule has 0 spiro atoms. The molecule has 0 N–H and O–H groups in total. The molecule has 25 heavy (non-hydrogen) atoms. The molecule has 5 heteroatoms. The van der Waals surface area contributed by atoms with Crippen molar-refractivity contribution >= 4 is 17.4 Å². The number of nitrogens with zero attached hydrogens (tertiary/aromatic N) is 1. The average Bonchev–Trinajstić information content (AvgIpc) is 2.60. The second-order valence-electron chi connectivity index (χ2n) is 5.90. The summed E-state index contributed by atoms with van der Waals surface area (Å²) in [6, 6.07) is 14.4. The lowest BCUT2D eigenvalue weighted by atomic mass is 10.1. The maximum absolute atomic E-state index is 12.7. The van der Waals surface area contributed by atoms with E-state index in [0.29, 0.717) is 17.1 Å². The van der Waals surface area contributed by atoms with Gasteiger partial charge in [0, 0.05) is 17.8 Å². The molecule has 0 heterocycles. The summed E-state index contributed by atoms with van der Waals surface area (Å²) in [6.45, 7) is 5.18. The highest BCUT2D eigenvalue weighted by Crippen LogP contribution is 2.26. The van der Waals surface area contributed by atoms with Crippen molar-refractivity contribution in [1.29, 1.82) is 0 Å². The summed E-state index contributed by atoms with van der Waals surface area (Å²) in [5.74, 6) is 0.598. The number of carbonyl (C=O) groups is 2. The fourth-order valence-electron chi connectivity index (χ4n) is 2.57. The van der Waals surface area contributed by atoms with E-state index in [1.807, 2.05) is 44.2 Å². The molecule has 2 aromatic rings. The molecule has 2 aromatic carbocycles. The van der Waals surface area contributed by atoms with Crippen molar-refractivity contribution in [3.05, 3.63) is 54.1 Å². The Balaban J connectivity index is 2.19. The van der Waals surface area contributed by atoms with Crippen LogP contribution in [-0.2, 0) is 4.79 Å². The summed E-state index contributed by atoms with van der Waals surface area (Å²) in [4.78, 5) is 26.1. The molecular formula is C20H23NO4. The number of Topliss-reactive ketones (excluding diaryl/α,β-unsaturated/α-hetero) is 1. The number of carbonyl (C=O) groups excluding carboxylic acids is 2. The molecule has 132 valence electrons. The molecule has 0 fully saturated rings. The molecular weight excluding hydrogens is 318 g/mol. The molecule has 0 atom stereocenters. The van der Waals surface area contributed by atoms with Crippen molar-refractivity contribution in [2.24, 2.45) is 0 Å². The van der Waals surface area contributed by atoms with Gasteiger partial charge in [-0.3, -0.25) is 9.59 Å². The Morgan fingerprint density at radius 1 is 1.08 bits per heavy atom. The number of ketones is 1. The Labute approximate surface area is 148 Å². The first-order chi connectivity index (χ1) is 11.9. The molecule has 0 saturated heterocycles. The van der Waals surface area contributed by atoms with Crippen LogP contribution in [0.15, 0.2) is 48.5 Å². The molecule has 2 rings (SSSR count). The maximum Gasteiger partial charge on any atom is 0.265 e. The fraction of sp³-hybridized carbons (Fsp3) is 0.300. The Bertz CT molecular complexity index is 741. The quantitative estimate of drug-likeness (QED) is 0.720. The normalized spacial score (nSPS) is 10.4. The summed E-state index contributed by atoms with van der Waals surface area (Å²) in [7, 11) is 1.54. The highest BCUT2D eigenvalue weighted by molar-refractivity contribution is 5.98. The number of hydrogen-bond acceptors (Lipinski definition) is 4. The van der Waals surface area contributed by atoms with Gasteiger partial charge in [-0.05, 0) is 45.0 Å². The van der Waals surface area contributed by atoms with E-state index in [1.165, 1.54) is 14.0 Å². The topological polar surface area (TPSA) is 55.8 Å². The van der Waals surface area contributed by atoms with Crippen molar-refractivity contribution < 1.29 is 19.1 Å². The van der Waals surface area contributed by atoms with Crippen LogP contribution in [0.2, 0.25) is 0 Å². The SMILES string of the molecule is COc1ccc(C(C)=O)c(OCC(=O)N(c2ccccc2)C(C)C)c1. The molecule has 0 aromatic heterocycles. The number of methoxy groups -OCH3 is 1. The molecule has 0 aliphatic rings. The molecule has 0 aliphatic carbocycles. The van der Waals surface area contributed by atoms with Gasteiger partial charge in [0.25, 0.3) is 5.91 Å². The largest absolute Gasteiger partial charge is 0.497 e. The summed E-state index contributed by atoms with van der Waals surface area (Å²) < 4.78 is 10.8. The maximum atomic E-state index is 12.7. The number of para-hydroxylation sites is 1. The highest BCUT2D eigenvalue weighted by atomic mass is 16.5. The van der Waals surface area contributed by atoms with Crippen LogP contribution in [0.4, 0.5) is 5.69 Å². The van der Waals surface area contributed by atoms with Crippen molar-refractivity contribution in [1.82, 2.24) is 0 Å². The molecule has 0 aliphatic heterocycles. The Morgan fingerprint density at radius 3 is 2.32 bits per heavy atom. The first-order valence-corrected chi connectivity index (χ1v) is 8.13. The lowest BCUT2D eigenvalue weighted by Gasteiger charge is -2.27. The third kappa shape index (κ3) is 4.59. The van der Waals surface area contributed by atoms with Crippen molar-refractivity contribution in [2.75, 3.05) is 18.6 Å². The van der Waals surface area contributed by atoms with Gasteiger partial charge in [-0.15, -0.1) is 0 Å². The van der Waals surface area contributed by atoms with Gasteiger partial charge >= 0.3 is 0 Å². The monoisotopic (exact) mass is 341 g/mol. The van der Waals surface area contributed by atoms with Gasteiger partial charge < -0.3 is 14.4 Å². The van der Waals surface area contributed by atoms with Crippen LogP contribution in [0, 0.1) is 0 Å². The zero-order valence-electron chi connectivity index (χ0n) is 15.0. The lowest BCUT2D eigenvalue weighted by Crippen LogP contribution is -2.40. The molecule has 1 amide bonds. The Morgan fingerprint density at radius 2 is 1.76 bits per heavy atom. The Hall–Kier alpha value is -2.82. The van der Waals surface area contributed by atoms with E-state index in [1.54, 1.807) is 23.1 Å². The third-order valence-corrected chi connectivity index (χ3v) is 3.74. The van der Waals surface area contributed by atoms with Crippen molar-refractivity contribution in [3.8, 4) is 11.5 Å². The zero-order valence-corrected chi connectivity index (χ0v) is 15.0. The van der Waals surface area contributed by atoms with Crippen LogP contribution < -0.4 is 14.4 Å². The molecule has 5 nitrogen and oxygen atoms in total. The van der Waals surface area contributed by atoms with Crippen LogP contribution in [-0.4, -0.2) is 31.4 Å². The minimum atomic E-state index is -0.182. The minimum Gasteiger partial charge on any atom is -0.497 e. The average molecular weight is 341 g/mol. The summed E-state index contributed by atoms with van der Waals surface area (Å²) >= 11 is 0. The minimum absolute atomic E-state index is 0.0175. The van der Waals surface area contributed by atoms with E-state index in [2.05, 4.69) is 0 Å². The second-order valence-corrected chi connectivity index (χ2v) is 5.90. The first kappa shape index (κ1) is 18.5. The van der Waals surface area contributed by atoms with Crippen molar-refractivity contribution in [2.45, 2.75) is 26.8 Å². The van der Waals surface area contributed by atoms with Gasteiger partial charge in [0.05, 0.1) is 12.7 Å². The van der Waals surface area contributed by atoms with Crippen LogP contribution in [0.3, 0.4) is 0 Å². The number of ether oxygens (including phenoxy) is 2. The molecule has 0 saturated carbocycles. The smallest absolute Gasteiger partial charge is 0.265 e. The number of amides is 1. The number of benzene rings is 2. The summed E-state index contributed by atoms with van der Waals surface area (Å²) in [5.41, 5.74) is 1.23. The molecule has 0 unspecified atom stereocenters. The summed E-state index contributed by atoms with van der Waals surface area (Å²) in [6.07, 6.45) is 0. The highest BCUT2D eigenvalue weighted by Gasteiger charge is 2.20. The zero-order chi connectivity index (χ0) is 18.4. The van der Waals surface area contributed by atoms with E-state index >= 15 is 0 Å². The van der Waals surface area contributed by atoms with E-state index in [0.717, 1.165) is 5.69 Å². The number of hydrogen-bond donors (Lipinski definition) is 0.